The molecule has 162 valence electrons. The van der Waals surface area contributed by atoms with E-state index in [9.17, 15) is 9.59 Å². The molecule has 0 aliphatic carbocycles. The van der Waals surface area contributed by atoms with E-state index in [4.69, 9.17) is 9.47 Å². The molecule has 3 aromatic rings. The summed E-state index contributed by atoms with van der Waals surface area (Å²) in [4.78, 5) is 31.5. The second-order valence-electron chi connectivity index (χ2n) is 7.19. The number of hydrogen-bond donors (Lipinski definition) is 1. The van der Waals surface area contributed by atoms with Crippen molar-refractivity contribution in [1.82, 2.24) is 9.55 Å². The van der Waals surface area contributed by atoms with Crippen molar-refractivity contribution < 1.29 is 14.3 Å². The monoisotopic (exact) mass is 422 g/mol. The highest BCUT2D eigenvalue weighted by molar-refractivity contribution is 5.90. The lowest BCUT2D eigenvalue weighted by Gasteiger charge is -2.15. The van der Waals surface area contributed by atoms with Crippen LogP contribution >= 0.6 is 0 Å². The summed E-state index contributed by atoms with van der Waals surface area (Å²) in [6.07, 6.45) is 0. The average molecular weight is 422 g/mol. The number of ether oxygens (including phenoxy) is 2. The van der Waals surface area contributed by atoms with Gasteiger partial charge in [0.25, 0.3) is 5.56 Å². The van der Waals surface area contributed by atoms with Crippen LogP contribution in [0.15, 0.2) is 59.4 Å². The minimum absolute atomic E-state index is 0.0497. The predicted octanol–water partition coefficient (Wildman–Crippen LogP) is 2.84. The van der Waals surface area contributed by atoms with E-state index in [0.29, 0.717) is 28.7 Å². The molecule has 3 rings (SSSR count). The Hall–Kier alpha value is -3.81. The second kappa shape index (κ2) is 9.80. The predicted molar refractivity (Wildman–Crippen MR) is 120 cm³/mol. The summed E-state index contributed by atoms with van der Waals surface area (Å²) >= 11 is 0. The molecule has 31 heavy (non-hydrogen) atoms. The van der Waals surface area contributed by atoms with E-state index in [-0.39, 0.29) is 24.6 Å². The Morgan fingerprint density at radius 1 is 1.06 bits per heavy atom. The summed E-state index contributed by atoms with van der Waals surface area (Å²) in [5.74, 6) is 1.37. The van der Waals surface area contributed by atoms with E-state index in [1.165, 1.54) is 10.6 Å². The molecule has 2 aromatic carbocycles. The zero-order chi connectivity index (χ0) is 22.4. The Labute approximate surface area is 181 Å². The standard InChI is InChI=1S/C23H26N4O4/c1-16-13-23(29)27(14-22(28)25-17-5-7-18(8-6-17)26(2)3)21(24-16)15-31-20-11-9-19(30-4)10-12-20/h5-13H,14-15H2,1-4H3,(H,25,28). The van der Waals surface area contributed by atoms with Crippen LogP contribution in [-0.4, -0.2) is 36.7 Å². The molecule has 0 saturated carbocycles. The van der Waals surface area contributed by atoms with E-state index in [2.05, 4.69) is 10.3 Å². The maximum atomic E-state index is 12.6. The molecule has 0 unspecified atom stereocenters. The van der Waals surface area contributed by atoms with E-state index in [1.54, 1.807) is 38.3 Å². The molecule has 0 spiro atoms. The number of nitrogens with one attached hydrogen (secondary N) is 1. The summed E-state index contributed by atoms with van der Waals surface area (Å²) in [6.45, 7) is 1.62. The maximum absolute atomic E-state index is 12.6. The van der Waals surface area contributed by atoms with E-state index in [0.717, 1.165) is 5.69 Å². The first-order chi connectivity index (χ1) is 14.9. The van der Waals surface area contributed by atoms with Crippen LogP contribution in [0, 0.1) is 6.92 Å². The Balaban J connectivity index is 1.72. The van der Waals surface area contributed by atoms with Gasteiger partial charge in [-0.15, -0.1) is 0 Å². The summed E-state index contributed by atoms with van der Waals surface area (Å²) < 4.78 is 12.2. The van der Waals surface area contributed by atoms with Crippen molar-refractivity contribution in [2.24, 2.45) is 0 Å². The number of anilines is 2. The number of nitrogens with zero attached hydrogens (tertiary/aromatic N) is 3. The van der Waals surface area contributed by atoms with Crippen LogP contribution < -0.4 is 25.2 Å². The second-order valence-corrected chi connectivity index (χ2v) is 7.19. The number of rotatable bonds is 8. The van der Waals surface area contributed by atoms with Gasteiger partial charge in [-0.3, -0.25) is 14.2 Å². The Bertz CT molecular complexity index is 1090. The quantitative estimate of drug-likeness (QED) is 0.601. The first-order valence-electron chi connectivity index (χ1n) is 9.77. The van der Waals surface area contributed by atoms with Gasteiger partial charge in [-0.05, 0) is 55.5 Å². The van der Waals surface area contributed by atoms with Crippen molar-refractivity contribution in [2.75, 3.05) is 31.4 Å². The number of amides is 1. The number of methoxy groups -OCH3 is 1. The maximum Gasteiger partial charge on any atom is 0.254 e. The van der Waals surface area contributed by atoms with E-state index in [1.807, 2.05) is 43.3 Å². The number of hydrogen-bond acceptors (Lipinski definition) is 6. The highest BCUT2D eigenvalue weighted by Gasteiger charge is 2.13. The number of benzene rings is 2. The minimum atomic E-state index is -0.323. The smallest absolute Gasteiger partial charge is 0.254 e. The third-order valence-electron chi connectivity index (χ3n) is 4.61. The third-order valence-corrected chi connectivity index (χ3v) is 4.61. The van der Waals surface area contributed by atoms with Crippen LogP contribution in [-0.2, 0) is 17.9 Å². The molecule has 1 aromatic heterocycles. The first kappa shape index (κ1) is 21.9. The summed E-state index contributed by atoms with van der Waals surface area (Å²) in [5, 5.41) is 2.81. The van der Waals surface area contributed by atoms with Crippen molar-refractivity contribution in [3.05, 3.63) is 76.5 Å². The molecule has 0 bridgehead atoms. The lowest BCUT2D eigenvalue weighted by molar-refractivity contribution is -0.116. The van der Waals surface area contributed by atoms with Crippen LogP contribution in [0.4, 0.5) is 11.4 Å². The normalized spacial score (nSPS) is 10.5. The van der Waals surface area contributed by atoms with E-state index >= 15 is 0 Å². The lowest BCUT2D eigenvalue weighted by Crippen LogP contribution is -2.31. The molecule has 0 aliphatic rings. The first-order valence-corrected chi connectivity index (χ1v) is 9.77. The number of aromatic nitrogens is 2. The highest BCUT2D eigenvalue weighted by Crippen LogP contribution is 2.18. The van der Waals surface area contributed by atoms with Gasteiger partial charge in [0.05, 0.1) is 7.11 Å². The van der Waals surface area contributed by atoms with Gasteiger partial charge in [-0.2, -0.15) is 0 Å². The zero-order valence-electron chi connectivity index (χ0n) is 18.1. The van der Waals surface area contributed by atoms with Crippen LogP contribution in [0.1, 0.15) is 11.5 Å². The van der Waals surface area contributed by atoms with Gasteiger partial charge in [-0.25, -0.2) is 4.98 Å². The lowest BCUT2D eigenvalue weighted by atomic mass is 10.2. The Kier molecular flexibility index (Phi) is 6.92. The molecule has 0 aliphatic heterocycles. The van der Waals surface area contributed by atoms with Gasteiger partial charge in [-0.1, -0.05) is 0 Å². The van der Waals surface area contributed by atoms with Crippen molar-refractivity contribution in [3.8, 4) is 11.5 Å². The van der Waals surface area contributed by atoms with Crippen LogP contribution in [0.5, 0.6) is 11.5 Å². The van der Waals surface area contributed by atoms with Crippen molar-refractivity contribution in [3.63, 3.8) is 0 Å². The third kappa shape index (κ3) is 5.85. The number of aryl methyl sites for hydroxylation is 1. The molecule has 0 saturated heterocycles. The molecule has 0 atom stereocenters. The molecular weight excluding hydrogens is 396 g/mol. The topological polar surface area (TPSA) is 85.7 Å². The van der Waals surface area contributed by atoms with Crippen LogP contribution in [0.3, 0.4) is 0 Å². The molecule has 1 heterocycles. The van der Waals surface area contributed by atoms with Crippen LogP contribution in [0.25, 0.3) is 0 Å². The summed E-state index contributed by atoms with van der Waals surface area (Å²) in [6, 6.07) is 15.9. The van der Waals surface area contributed by atoms with Crippen molar-refractivity contribution >= 4 is 17.3 Å². The molecule has 1 N–H and O–H groups in total. The Morgan fingerprint density at radius 3 is 2.32 bits per heavy atom. The number of carbonyl (C=O) groups excluding carboxylic acids is 1. The number of carbonyl (C=O) groups is 1. The molecule has 8 nitrogen and oxygen atoms in total. The fourth-order valence-corrected chi connectivity index (χ4v) is 2.97. The van der Waals surface area contributed by atoms with Gasteiger partial charge in [0.1, 0.15) is 30.5 Å². The zero-order valence-corrected chi connectivity index (χ0v) is 18.1. The molecule has 0 radical (unpaired) electrons. The molecule has 8 heteroatoms. The van der Waals surface area contributed by atoms with Gasteiger partial charge in [0, 0.05) is 37.2 Å². The fourth-order valence-electron chi connectivity index (χ4n) is 2.97. The molecule has 1 amide bonds. The van der Waals surface area contributed by atoms with Gasteiger partial charge in [0.2, 0.25) is 5.91 Å². The SMILES string of the molecule is COc1ccc(OCc2nc(C)cc(=O)n2CC(=O)Nc2ccc(N(C)C)cc2)cc1. The van der Waals surface area contributed by atoms with Gasteiger partial charge >= 0.3 is 0 Å². The van der Waals surface area contributed by atoms with Crippen molar-refractivity contribution in [1.29, 1.82) is 0 Å². The summed E-state index contributed by atoms with van der Waals surface area (Å²) in [5.41, 5.74) is 1.93. The Morgan fingerprint density at radius 2 is 1.71 bits per heavy atom. The van der Waals surface area contributed by atoms with Crippen molar-refractivity contribution in [2.45, 2.75) is 20.1 Å². The molecular formula is C23H26N4O4. The summed E-state index contributed by atoms with van der Waals surface area (Å²) in [7, 11) is 5.48. The van der Waals surface area contributed by atoms with E-state index < -0.39 is 0 Å². The minimum Gasteiger partial charge on any atom is -0.497 e. The largest absolute Gasteiger partial charge is 0.497 e. The van der Waals surface area contributed by atoms with Crippen LogP contribution in [0.2, 0.25) is 0 Å². The molecule has 0 fully saturated rings. The fraction of sp³-hybridized carbons (Fsp3) is 0.261. The van der Waals surface area contributed by atoms with Gasteiger partial charge < -0.3 is 19.7 Å². The van der Waals surface area contributed by atoms with Gasteiger partial charge in [0.15, 0.2) is 0 Å². The highest BCUT2D eigenvalue weighted by atomic mass is 16.5. The average Bonchev–Trinajstić information content (AvgIpc) is 2.75.